The lowest BCUT2D eigenvalue weighted by Gasteiger charge is -2.11. The van der Waals surface area contributed by atoms with Crippen LogP contribution < -0.4 is 5.32 Å². The van der Waals surface area contributed by atoms with Gasteiger partial charge in [0.2, 0.25) is 0 Å². The summed E-state index contributed by atoms with van der Waals surface area (Å²) in [4.78, 5) is 9.56. The molecule has 0 spiro atoms. The van der Waals surface area contributed by atoms with Gasteiger partial charge in [-0.15, -0.1) is 0 Å². The number of anilines is 1. The predicted molar refractivity (Wildman–Crippen MR) is 118 cm³/mol. The molecule has 28 heavy (non-hydrogen) atoms. The molecule has 1 heterocycles. The molecule has 4 aromatic rings. The van der Waals surface area contributed by atoms with Gasteiger partial charge in [0.25, 0.3) is 0 Å². The molecule has 1 aromatic heterocycles. The molecule has 0 fully saturated rings. The number of nitrogens with one attached hydrogen (secondary N) is 1. The van der Waals surface area contributed by atoms with Crippen molar-refractivity contribution < 1.29 is 0 Å². The molecule has 0 aliphatic heterocycles. The molecule has 0 atom stereocenters. The van der Waals surface area contributed by atoms with Crippen molar-refractivity contribution in [3.8, 4) is 0 Å². The number of para-hydroxylation sites is 1. The first-order valence-electron chi connectivity index (χ1n) is 9.51. The first-order valence-corrected chi connectivity index (χ1v) is 9.51. The van der Waals surface area contributed by atoms with E-state index in [1.807, 2.05) is 30.5 Å². The molecular formula is C25H23N3. The van der Waals surface area contributed by atoms with Crippen molar-refractivity contribution in [3.63, 3.8) is 0 Å². The minimum Gasteiger partial charge on any atom is -0.365 e. The van der Waals surface area contributed by atoms with Gasteiger partial charge < -0.3 is 5.32 Å². The van der Waals surface area contributed by atoms with Crippen LogP contribution in [0.1, 0.15) is 22.3 Å². The van der Waals surface area contributed by atoms with Gasteiger partial charge in [-0.25, -0.2) is 4.98 Å². The van der Waals surface area contributed by atoms with Crippen molar-refractivity contribution in [1.29, 1.82) is 0 Å². The second kappa shape index (κ2) is 8.49. The molecule has 0 unspecified atom stereocenters. The lowest BCUT2D eigenvalue weighted by atomic mass is 10.1. The topological polar surface area (TPSA) is 37.3 Å². The average molecular weight is 365 g/mol. The van der Waals surface area contributed by atoms with Crippen LogP contribution in [0.5, 0.6) is 0 Å². The number of aromatic nitrogens is 1. The van der Waals surface area contributed by atoms with Crippen molar-refractivity contribution in [3.05, 3.63) is 107 Å². The van der Waals surface area contributed by atoms with Gasteiger partial charge in [0.1, 0.15) is 5.82 Å². The Morgan fingerprint density at radius 3 is 2.32 bits per heavy atom. The quantitative estimate of drug-likeness (QED) is 0.440. The number of aryl methyl sites for hydroxylation is 1. The molecular weight excluding hydrogens is 342 g/mol. The van der Waals surface area contributed by atoms with Gasteiger partial charge >= 0.3 is 0 Å². The normalized spacial score (nSPS) is 11.2. The summed E-state index contributed by atoms with van der Waals surface area (Å²) in [5.41, 5.74) is 5.62. The van der Waals surface area contributed by atoms with Crippen molar-refractivity contribution >= 4 is 22.9 Å². The number of hydrogen-bond donors (Lipinski definition) is 1. The molecule has 0 bridgehead atoms. The summed E-state index contributed by atoms with van der Waals surface area (Å²) >= 11 is 0. The van der Waals surface area contributed by atoms with Crippen LogP contribution in [0.2, 0.25) is 0 Å². The van der Waals surface area contributed by atoms with Crippen LogP contribution in [-0.2, 0) is 13.1 Å². The molecule has 3 nitrogen and oxygen atoms in total. The Labute approximate surface area is 165 Å². The second-order valence-electron chi connectivity index (χ2n) is 6.87. The van der Waals surface area contributed by atoms with Crippen molar-refractivity contribution in [2.75, 3.05) is 5.32 Å². The smallest absolute Gasteiger partial charge is 0.135 e. The van der Waals surface area contributed by atoms with Gasteiger partial charge in [-0.05, 0) is 29.7 Å². The predicted octanol–water partition coefficient (Wildman–Crippen LogP) is 5.77. The Balaban J connectivity index is 1.64. The maximum absolute atomic E-state index is 4.91. The second-order valence-corrected chi connectivity index (χ2v) is 6.87. The first kappa shape index (κ1) is 17.9. The van der Waals surface area contributed by atoms with E-state index in [4.69, 9.17) is 4.98 Å². The Kier molecular flexibility index (Phi) is 5.43. The maximum atomic E-state index is 4.91. The molecule has 4 rings (SSSR count). The zero-order valence-corrected chi connectivity index (χ0v) is 16.0. The van der Waals surface area contributed by atoms with Crippen LogP contribution in [0, 0.1) is 6.92 Å². The zero-order chi connectivity index (χ0) is 19.2. The first-order chi connectivity index (χ1) is 13.8. The Morgan fingerprint density at radius 1 is 0.857 bits per heavy atom. The Hall–Kier alpha value is -3.46. The Bertz CT molecular complexity index is 1090. The van der Waals surface area contributed by atoms with E-state index in [0.717, 1.165) is 28.8 Å². The highest BCUT2D eigenvalue weighted by Gasteiger charge is 2.07. The summed E-state index contributed by atoms with van der Waals surface area (Å²) in [6, 6.07) is 29.1. The average Bonchev–Trinajstić information content (AvgIpc) is 2.74. The third-order valence-electron chi connectivity index (χ3n) is 4.73. The van der Waals surface area contributed by atoms with E-state index in [1.54, 1.807) is 0 Å². The van der Waals surface area contributed by atoms with Gasteiger partial charge in [-0.1, -0.05) is 78.9 Å². The highest BCUT2D eigenvalue weighted by molar-refractivity contribution is 5.94. The van der Waals surface area contributed by atoms with E-state index < -0.39 is 0 Å². The lowest BCUT2D eigenvalue weighted by molar-refractivity contribution is 1.07. The van der Waals surface area contributed by atoms with Crippen LogP contribution in [-0.4, -0.2) is 11.2 Å². The lowest BCUT2D eigenvalue weighted by Crippen LogP contribution is -2.05. The number of benzene rings is 3. The molecule has 1 N–H and O–H groups in total. The van der Waals surface area contributed by atoms with Gasteiger partial charge in [0, 0.05) is 23.7 Å². The molecule has 3 heteroatoms. The van der Waals surface area contributed by atoms with E-state index in [2.05, 4.69) is 77.9 Å². The molecule has 0 aliphatic carbocycles. The van der Waals surface area contributed by atoms with E-state index in [0.29, 0.717) is 6.54 Å². The van der Waals surface area contributed by atoms with Crippen LogP contribution in [0.4, 0.5) is 5.82 Å². The largest absolute Gasteiger partial charge is 0.365 e. The highest BCUT2D eigenvalue weighted by Crippen LogP contribution is 2.22. The number of pyridine rings is 1. The van der Waals surface area contributed by atoms with Crippen LogP contribution in [0.15, 0.2) is 89.9 Å². The fourth-order valence-corrected chi connectivity index (χ4v) is 3.22. The molecule has 3 aromatic carbocycles. The third kappa shape index (κ3) is 4.26. The Morgan fingerprint density at radius 2 is 1.57 bits per heavy atom. The molecule has 0 saturated heterocycles. The van der Waals surface area contributed by atoms with Crippen LogP contribution in [0.25, 0.3) is 10.9 Å². The number of rotatable bonds is 6. The van der Waals surface area contributed by atoms with Crippen molar-refractivity contribution in [2.24, 2.45) is 4.99 Å². The fourth-order valence-electron chi connectivity index (χ4n) is 3.22. The minimum atomic E-state index is 0.658. The molecule has 0 aliphatic rings. The summed E-state index contributed by atoms with van der Waals surface area (Å²) in [5, 5.41) is 4.63. The fraction of sp³-hybridized carbons (Fsp3) is 0.120. The van der Waals surface area contributed by atoms with Crippen LogP contribution in [0.3, 0.4) is 0 Å². The van der Waals surface area contributed by atoms with E-state index in [-0.39, 0.29) is 0 Å². The van der Waals surface area contributed by atoms with E-state index in [9.17, 15) is 0 Å². The molecule has 0 amide bonds. The number of hydrogen-bond acceptors (Lipinski definition) is 3. The monoisotopic (exact) mass is 365 g/mol. The van der Waals surface area contributed by atoms with Crippen molar-refractivity contribution in [1.82, 2.24) is 4.98 Å². The number of nitrogens with zero attached hydrogens (tertiary/aromatic N) is 2. The number of aliphatic imine (C=N–C) groups is 1. The van der Waals surface area contributed by atoms with E-state index >= 15 is 0 Å². The summed E-state index contributed by atoms with van der Waals surface area (Å²) in [5.74, 6) is 0.863. The van der Waals surface area contributed by atoms with Gasteiger partial charge in [-0.3, -0.25) is 4.99 Å². The van der Waals surface area contributed by atoms with Gasteiger partial charge in [-0.2, -0.15) is 0 Å². The minimum absolute atomic E-state index is 0.658. The summed E-state index contributed by atoms with van der Waals surface area (Å²) in [6.07, 6.45) is 1.93. The standard InChI is InChI=1S/C25H23N3/c1-19-9-8-14-22-15-23(18-26-16-20-10-4-2-5-11-20)25(28-24(19)22)27-17-21-12-6-3-7-13-21/h2-15,18H,16-17H2,1H3,(H,27,28). The van der Waals surface area contributed by atoms with Gasteiger partial charge in [0.05, 0.1) is 12.1 Å². The third-order valence-corrected chi connectivity index (χ3v) is 4.73. The SMILES string of the molecule is Cc1cccc2cc(C=NCc3ccccc3)c(NCc3ccccc3)nc12. The van der Waals surface area contributed by atoms with Crippen molar-refractivity contribution in [2.45, 2.75) is 20.0 Å². The van der Waals surface area contributed by atoms with E-state index in [1.165, 1.54) is 16.7 Å². The molecule has 138 valence electrons. The highest BCUT2D eigenvalue weighted by atomic mass is 15.0. The summed E-state index contributed by atoms with van der Waals surface area (Å²) in [7, 11) is 0. The van der Waals surface area contributed by atoms with Crippen LogP contribution >= 0.6 is 0 Å². The van der Waals surface area contributed by atoms with Gasteiger partial charge in [0.15, 0.2) is 0 Å². The summed E-state index contributed by atoms with van der Waals surface area (Å²) < 4.78 is 0. The molecule has 0 saturated carbocycles. The summed E-state index contributed by atoms with van der Waals surface area (Å²) in [6.45, 7) is 3.48. The maximum Gasteiger partial charge on any atom is 0.135 e. The molecule has 0 radical (unpaired) electrons. The number of fused-ring (bicyclic) bond motifs is 1. The zero-order valence-electron chi connectivity index (χ0n) is 16.0.